The summed E-state index contributed by atoms with van der Waals surface area (Å²) in [6.45, 7) is 8.33. The standard InChI is InChI=1S/C12H22ClN3S/c1-4-7-14-11(9-17-6-3)12-10(13)8-15-16(12)5-2/h8,11,14H,4-7,9H2,1-3H3. The molecule has 1 N–H and O–H groups in total. The molecule has 0 saturated carbocycles. The van der Waals surface area contributed by atoms with E-state index in [2.05, 4.69) is 31.2 Å². The maximum absolute atomic E-state index is 6.24. The summed E-state index contributed by atoms with van der Waals surface area (Å²) in [4.78, 5) is 0. The lowest BCUT2D eigenvalue weighted by Gasteiger charge is -2.19. The van der Waals surface area contributed by atoms with Gasteiger partial charge in [-0.3, -0.25) is 4.68 Å². The molecule has 1 rings (SSSR count). The molecule has 0 aliphatic rings. The lowest BCUT2D eigenvalue weighted by Crippen LogP contribution is -2.27. The van der Waals surface area contributed by atoms with Gasteiger partial charge in [-0.05, 0) is 25.6 Å². The zero-order chi connectivity index (χ0) is 12.7. The van der Waals surface area contributed by atoms with Crippen molar-refractivity contribution in [1.82, 2.24) is 15.1 Å². The summed E-state index contributed by atoms with van der Waals surface area (Å²) < 4.78 is 1.99. The molecule has 1 atom stereocenters. The van der Waals surface area contributed by atoms with Crippen molar-refractivity contribution in [2.24, 2.45) is 0 Å². The van der Waals surface area contributed by atoms with Crippen molar-refractivity contribution < 1.29 is 0 Å². The molecule has 0 spiro atoms. The second-order valence-corrected chi connectivity index (χ2v) is 5.59. The van der Waals surface area contributed by atoms with Gasteiger partial charge in [0.25, 0.3) is 0 Å². The molecule has 1 unspecified atom stereocenters. The van der Waals surface area contributed by atoms with E-state index in [1.54, 1.807) is 6.20 Å². The third-order valence-electron chi connectivity index (χ3n) is 2.59. The number of nitrogens with one attached hydrogen (secondary N) is 1. The molecule has 0 aliphatic heterocycles. The Morgan fingerprint density at radius 2 is 2.24 bits per heavy atom. The topological polar surface area (TPSA) is 29.9 Å². The number of hydrogen-bond donors (Lipinski definition) is 1. The first-order valence-corrected chi connectivity index (χ1v) is 7.80. The summed E-state index contributed by atoms with van der Waals surface area (Å²) in [7, 11) is 0. The average Bonchev–Trinajstić information content (AvgIpc) is 2.71. The molecular formula is C12H22ClN3S. The third-order valence-corrected chi connectivity index (χ3v) is 3.86. The fourth-order valence-electron chi connectivity index (χ4n) is 1.76. The fraction of sp³-hybridized carbons (Fsp3) is 0.750. The molecule has 17 heavy (non-hydrogen) atoms. The summed E-state index contributed by atoms with van der Waals surface area (Å²) in [6.07, 6.45) is 2.88. The first-order valence-electron chi connectivity index (χ1n) is 6.26. The van der Waals surface area contributed by atoms with Gasteiger partial charge in [-0.25, -0.2) is 0 Å². The lowest BCUT2D eigenvalue weighted by molar-refractivity contribution is 0.514. The van der Waals surface area contributed by atoms with Crippen molar-refractivity contribution in [3.8, 4) is 0 Å². The Hall–Kier alpha value is -0.190. The Balaban J connectivity index is 2.81. The van der Waals surface area contributed by atoms with Crippen LogP contribution in [-0.4, -0.2) is 27.8 Å². The van der Waals surface area contributed by atoms with E-state index in [0.717, 1.165) is 41.7 Å². The second kappa shape index (κ2) is 8.01. The fourth-order valence-corrected chi connectivity index (χ4v) is 2.78. The van der Waals surface area contributed by atoms with E-state index in [1.807, 2.05) is 16.4 Å². The molecule has 0 aromatic carbocycles. The van der Waals surface area contributed by atoms with E-state index >= 15 is 0 Å². The van der Waals surface area contributed by atoms with E-state index in [0.29, 0.717) is 6.04 Å². The van der Waals surface area contributed by atoms with Crippen molar-refractivity contribution in [2.45, 2.75) is 39.8 Å². The van der Waals surface area contributed by atoms with E-state index in [4.69, 9.17) is 11.6 Å². The quantitative estimate of drug-likeness (QED) is 0.789. The summed E-state index contributed by atoms with van der Waals surface area (Å²) in [5, 5.41) is 8.64. The second-order valence-electron chi connectivity index (χ2n) is 3.86. The minimum absolute atomic E-state index is 0.301. The van der Waals surface area contributed by atoms with Crippen molar-refractivity contribution >= 4 is 23.4 Å². The van der Waals surface area contributed by atoms with Crippen LogP contribution in [0.1, 0.15) is 38.9 Å². The normalized spacial score (nSPS) is 12.9. The molecule has 0 amide bonds. The highest BCUT2D eigenvalue weighted by Crippen LogP contribution is 2.25. The average molecular weight is 276 g/mol. The molecule has 1 heterocycles. The Kier molecular flexibility index (Phi) is 7.00. The third kappa shape index (κ3) is 4.19. The maximum atomic E-state index is 6.24. The van der Waals surface area contributed by atoms with E-state index in [-0.39, 0.29) is 0 Å². The molecule has 1 aromatic heterocycles. The molecule has 0 aliphatic carbocycles. The predicted octanol–water partition coefficient (Wildman–Crippen LogP) is 3.35. The number of thioether (sulfide) groups is 1. The minimum Gasteiger partial charge on any atom is -0.308 e. The van der Waals surface area contributed by atoms with Crippen LogP contribution in [0.5, 0.6) is 0 Å². The minimum atomic E-state index is 0.301. The maximum Gasteiger partial charge on any atom is 0.0834 e. The van der Waals surface area contributed by atoms with Crippen LogP contribution in [0.3, 0.4) is 0 Å². The van der Waals surface area contributed by atoms with Gasteiger partial charge in [-0.1, -0.05) is 25.4 Å². The van der Waals surface area contributed by atoms with Crippen molar-refractivity contribution in [2.75, 3.05) is 18.1 Å². The Labute approximate surface area is 113 Å². The van der Waals surface area contributed by atoms with Crippen LogP contribution in [0.2, 0.25) is 5.02 Å². The highest BCUT2D eigenvalue weighted by Gasteiger charge is 2.18. The number of aryl methyl sites for hydroxylation is 1. The molecule has 0 saturated heterocycles. The number of halogens is 1. The van der Waals surface area contributed by atoms with Crippen LogP contribution in [0.25, 0.3) is 0 Å². The van der Waals surface area contributed by atoms with Gasteiger partial charge in [0.15, 0.2) is 0 Å². The number of nitrogens with zero attached hydrogens (tertiary/aromatic N) is 2. The molecule has 0 bridgehead atoms. The van der Waals surface area contributed by atoms with Crippen LogP contribution >= 0.6 is 23.4 Å². The molecular weight excluding hydrogens is 254 g/mol. The van der Waals surface area contributed by atoms with Gasteiger partial charge in [0.2, 0.25) is 0 Å². The van der Waals surface area contributed by atoms with Gasteiger partial charge < -0.3 is 5.32 Å². The Bertz CT molecular complexity index is 320. The number of rotatable bonds is 8. The van der Waals surface area contributed by atoms with E-state index in [9.17, 15) is 0 Å². The van der Waals surface area contributed by atoms with Crippen LogP contribution in [-0.2, 0) is 6.54 Å². The van der Waals surface area contributed by atoms with Crippen molar-refractivity contribution in [3.63, 3.8) is 0 Å². The zero-order valence-electron chi connectivity index (χ0n) is 10.9. The van der Waals surface area contributed by atoms with Crippen LogP contribution in [0.15, 0.2) is 6.20 Å². The summed E-state index contributed by atoms with van der Waals surface area (Å²) >= 11 is 8.17. The largest absolute Gasteiger partial charge is 0.308 e. The SMILES string of the molecule is CCCNC(CSCC)c1c(Cl)cnn1CC. The smallest absolute Gasteiger partial charge is 0.0834 e. The number of aromatic nitrogens is 2. The monoisotopic (exact) mass is 275 g/mol. The van der Waals surface area contributed by atoms with Crippen LogP contribution < -0.4 is 5.32 Å². The zero-order valence-corrected chi connectivity index (χ0v) is 12.4. The highest BCUT2D eigenvalue weighted by atomic mass is 35.5. The van der Waals surface area contributed by atoms with Gasteiger partial charge in [0.1, 0.15) is 0 Å². The van der Waals surface area contributed by atoms with E-state index in [1.165, 1.54) is 0 Å². The van der Waals surface area contributed by atoms with Crippen LogP contribution in [0, 0.1) is 0 Å². The highest BCUT2D eigenvalue weighted by molar-refractivity contribution is 7.99. The van der Waals surface area contributed by atoms with Crippen molar-refractivity contribution in [3.05, 3.63) is 16.9 Å². The van der Waals surface area contributed by atoms with Gasteiger partial charge in [-0.15, -0.1) is 0 Å². The first-order chi connectivity index (χ1) is 8.24. The summed E-state index contributed by atoms with van der Waals surface area (Å²) in [6, 6.07) is 0.301. The Morgan fingerprint density at radius 1 is 1.47 bits per heavy atom. The first kappa shape index (κ1) is 14.9. The number of hydrogen-bond acceptors (Lipinski definition) is 3. The van der Waals surface area contributed by atoms with Gasteiger partial charge in [0.05, 0.1) is 23.0 Å². The summed E-state index contributed by atoms with van der Waals surface area (Å²) in [5.41, 5.74) is 1.13. The predicted molar refractivity (Wildman–Crippen MR) is 76.9 cm³/mol. The van der Waals surface area contributed by atoms with Gasteiger partial charge in [0, 0.05) is 12.3 Å². The van der Waals surface area contributed by atoms with Gasteiger partial charge in [-0.2, -0.15) is 16.9 Å². The van der Waals surface area contributed by atoms with E-state index < -0.39 is 0 Å². The lowest BCUT2D eigenvalue weighted by atomic mass is 10.2. The Morgan fingerprint density at radius 3 is 2.82 bits per heavy atom. The summed E-state index contributed by atoms with van der Waals surface area (Å²) in [5.74, 6) is 2.17. The van der Waals surface area contributed by atoms with Crippen molar-refractivity contribution in [1.29, 1.82) is 0 Å². The van der Waals surface area contributed by atoms with Gasteiger partial charge >= 0.3 is 0 Å². The molecule has 1 aromatic rings. The van der Waals surface area contributed by atoms with Crippen LogP contribution in [0.4, 0.5) is 0 Å². The molecule has 0 radical (unpaired) electrons. The molecule has 5 heteroatoms. The molecule has 98 valence electrons. The molecule has 0 fully saturated rings. The molecule has 3 nitrogen and oxygen atoms in total.